The summed E-state index contributed by atoms with van der Waals surface area (Å²) in [6, 6.07) is 9.37. The summed E-state index contributed by atoms with van der Waals surface area (Å²) in [5.41, 5.74) is 5.52. The number of hydrogen-bond donors (Lipinski definition) is 1. The molecule has 0 aliphatic carbocycles. The Hall–Kier alpha value is -1.70. The molecule has 0 atom stereocenters. The van der Waals surface area contributed by atoms with Gasteiger partial charge in [-0.1, -0.05) is 23.7 Å². The quantitative estimate of drug-likeness (QED) is 0.424. The van der Waals surface area contributed by atoms with Crippen molar-refractivity contribution in [2.45, 2.75) is 6.54 Å². The highest BCUT2D eigenvalue weighted by molar-refractivity contribution is 9.10. The van der Waals surface area contributed by atoms with Gasteiger partial charge in [-0.3, -0.25) is 10.4 Å². The van der Waals surface area contributed by atoms with Gasteiger partial charge in [-0.15, -0.1) is 0 Å². The molecule has 0 saturated carbocycles. The van der Waals surface area contributed by atoms with Gasteiger partial charge in [0, 0.05) is 22.4 Å². The monoisotopic (exact) mass is 467 g/mol. The second kappa shape index (κ2) is 7.92. The SMILES string of the molecule is Clc1ccccc1N/N=C(\Cn1cncc1Br)c1ccncc1Br. The van der Waals surface area contributed by atoms with Gasteiger partial charge in [0.25, 0.3) is 0 Å². The van der Waals surface area contributed by atoms with E-state index in [1.165, 1.54) is 0 Å². The molecule has 0 amide bonds. The van der Waals surface area contributed by atoms with E-state index in [2.05, 4.69) is 52.4 Å². The molecule has 122 valence electrons. The van der Waals surface area contributed by atoms with Crippen molar-refractivity contribution in [3.8, 4) is 0 Å². The van der Waals surface area contributed by atoms with Crippen molar-refractivity contribution in [2.24, 2.45) is 5.10 Å². The molecule has 0 unspecified atom stereocenters. The van der Waals surface area contributed by atoms with Crippen molar-refractivity contribution in [3.05, 3.63) is 74.9 Å². The Kier molecular flexibility index (Phi) is 5.65. The summed E-state index contributed by atoms with van der Waals surface area (Å²) >= 11 is 13.2. The first-order chi connectivity index (χ1) is 11.6. The zero-order valence-electron chi connectivity index (χ0n) is 12.3. The third-order valence-corrected chi connectivity index (χ3v) is 4.87. The van der Waals surface area contributed by atoms with Crippen LogP contribution in [0.15, 0.2) is 69.4 Å². The Bertz CT molecular complexity index is 878. The Morgan fingerprint density at radius 1 is 1.17 bits per heavy atom. The van der Waals surface area contributed by atoms with Crippen LogP contribution in [0.3, 0.4) is 0 Å². The fourth-order valence-electron chi connectivity index (χ4n) is 2.05. The number of halogens is 3. The summed E-state index contributed by atoms with van der Waals surface area (Å²) in [4.78, 5) is 8.22. The number of anilines is 1. The van der Waals surface area contributed by atoms with Crippen LogP contribution in [0.5, 0.6) is 0 Å². The number of nitrogens with one attached hydrogen (secondary N) is 1. The highest BCUT2D eigenvalue weighted by Gasteiger charge is 2.11. The maximum absolute atomic E-state index is 6.18. The molecule has 0 aliphatic heterocycles. The number of aromatic nitrogens is 3. The predicted molar refractivity (Wildman–Crippen MR) is 103 cm³/mol. The normalized spacial score (nSPS) is 11.5. The zero-order valence-corrected chi connectivity index (χ0v) is 16.3. The minimum Gasteiger partial charge on any atom is -0.319 e. The lowest BCUT2D eigenvalue weighted by Gasteiger charge is -2.11. The van der Waals surface area contributed by atoms with E-state index in [-0.39, 0.29) is 0 Å². The van der Waals surface area contributed by atoms with Gasteiger partial charge in [-0.05, 0) is 50.1 Å². The third-order valence-electron chi connectivity index (χ3n) is 3.25. The molecule has 24 heavy (non-hydrogen) atoms. The van der Waals surface area contributed by atoms with Gasteiger partial charge in [0.05, 0.1) is 35.5 Å². The first-order valence-electron chi connectivity index (χ1n) is 6.98. The summed E-state index contributed by atoms with van der Waals surface area (Å²) < 4.78 is 3.68. The Morgan fingerprint density at radius 3 is 2.71 bits per heavy atom. The second-order valence-electron chi connectivity index (χ2n) is 4.85. The smallest absolute Gasteiger partial charge is 0.105 e. The number of hydrogen-bond acceptors (Lipinski definition) is 4. The van der Waals surface area contributed by atoms with Gasteiger partial charge in [-0.2, -0.15) is 5.10 Å². The number of para-hydroxylation sites is 1. The largest absolute Gasteiger partial charge is 0.319 e. The van der Waals surface area contributed by atoms with E-state index in [0.717, 1.165) is 26.0 Å². The molecule has 2 aromatic heterocycles. The van der Waals surface area contributed by atoms with E-state index in [0.29, 0.717) is 11.6 Å². The summed E-state index contributed by atoms with van der Waals surface area (Å²) in [6.07, 6.45) is 6.95. The average molecular weight is 470 g/mol. The van der Waals surface area contributed by atoms with Gasteiger partial charge in [-0.25, -0.2) is 4.98 Å². The molecule has 0 saturated heterocycles. The molecular formula is C16H12Br2ClN5. The topological polar surface area (TPSA) is 55.1 Å². The molecule has 1 N–H and O–H groups in total. The van der Waals surface area contributed by atoms with Crippen LogP contribution in [-0.4, -0.2) is 20.2 Å². The van der Waals surface area contributed by atoms with E-state index < -0.39 is 0 Å². The summed E-state index contributed by atoms with van der Waals surface area (Å²) in [7, 11) is 0. The van der Waals surface area contributed by atoms with Crippen LogP contribution in [0.2, 0.25) is 5.02 Å². The lowest BCUT2D eigenvalue weighted by Crippen LogP contribution is -2.14. The van der Waals surface area contributed by atoms with Crippen molar-refractivity contribution in [3.63, 3.8) is 0 Å². The lowest BCUT2D eigenvalue weighted by molar-refractivity contribution is 0.828. The Balaban J connectivity index is 1.95. The van der Waals surface area contributed by atoms with E-state index in [4.69, 9.17) is 11.6 Å². The molecule has 3 aromatic rings. The first kappa shape index (κ1) is 17.1. The van der Waals surface area contributed by atoms with E-state index in [1.54, 1.807) is 24.9 Å². The summed E-state index contributed by atoms with van der Waals surface area (Å²) in [5, 5.41) is 5.17. The van der Waals surface area contributed by atoms with Crippen LogP contribution in [0.25, 0.3) is 0 Å². The Labute approximate surface area is 161 Å². The van der Waals surface area contributed by atoms with Crippen LogP contribution in [-0.2, 0) is 6.54 Å². The number of pyridine rings is 1. The van der Waals surface area contributed by atoms with Crippen LogP contribution >= 0.6 is 43.5 Å². The molecule has 1 aromatic carbocycles. The van der Waals surface area contributed by atoms with Gasteiger partial charge >= 0.3 is 0 Å². The molecule has 0 aliphatic rings. The molecule has 5 nitrogen and oxygen atoms in total. The zero-order chi connectivity index (χ0) is 16.9. The number of hydrazone groups is 1. The number of benzene rings is 1. The third kappa shape index (κ3) is 4.03. The van der Waals surface area contributed by atoms with Crippen molar-refractivity contribution >= 4 is 54.9 Å². The molecule has 3 rings (SSSR count). The fraction of sp³-hybridized carbons (Fsp3) is 0.0625. The van der Waals surface area contributed by atoms with Gasteiger partial charge in [0.2, 0.25) is 0 Å². The van der Waals surface area contributed by atoms with Crippen molar-refractivity contribution in [2.75, 3.05) is 5.43 Å². The number of rotatable bonds is 5. The number of imidazole rings is 1. The van der Waals surface area contributed by atoms with Gasteiger partial charge < -0.3 is 4.57 Å². The maximum atomic E-state index is 6.18. The van der Waals surface area contributed by atoms with Crippen LogP contribution in [0.4, 0.5) is 5.69 Å². The summed E-state index contributed by atoms with van der Waals surface area (Å²) in [6.45, 7) is 0.528. The highest BCUT2D eigenvalue weighted by Crippen LogP contribution is 2.22. The average Bonchev–Trinajstić information content (AvgIpc) is 2.98. The molecule has 8 heteroatoms. The Morgan fingerprint density at radius 2 is 2.00 bits per heavy atom. The molecule has 0 radical (unpaired) electrons. The second-order valence-corrected chi connectivity index (χ2v) is 6.92. The standard InChI is InChI=1S/C16H12Br2ClN5/c17-12-7-20-6-5-11(12)15(9-24-10-21-8-16(24)18)23-22-14-4-2-1-3-13(14)19/h1-8,10,22H,9H2/b23-15+. The van der Waals surface area contributed by atoms with E-state index >= 15 is 0 Å². The van der Waals surface area contributed by atoms with Crippen molar-refractivity contribution in [1.29, 1.82) is 0 Å². The van der Waals surface area contributed by atoms with Crippen LogP contribution in [0, 0.1) is 0 Å². The first-order valence-corrected chi connectivity index (χ1v) is 8.94. The van der Waals surface area contributed by atoms with Crippen molar-refractivity contribution < 1.29 is 0 Å². The maximum Gasteiger partial charge on any atom is 0.105 e. The minimum absolute atomic E-state index is 0.528. The molecular weight excluding hydrogens is 457 g/mol. The molecule has 0 bridgehead atoms. The molecule has 0 fully saturated rings. The summed E-state index contributed by atoms with van der Waals surface area (Å²) in [5.74, 6) is 0. The number of nitrogens with zero attached hydrogens (tertiary/aromatic N) is 4. The lowest BCUT2D eigenvalue weighted by atomic mass is 10.1. The molecule has 2 heterocycles. The predicted octanol–water partition coefficient (Wildman–Crippen LogP) is 4.97. The highest BCUT2D eigenvalue weighted by atomic mass is 79.9. The van der Waals surface area contributed by atoms with Gasteiger partial charge in [0.1, 0.15) is 4.60 Å². The van der Waals surface area contributed by atoms with Crippen LogP contribution in [0.1, 0.15) is 5.56 Å². The van der Waals surface area contributed by atoms with Crippen molar-refractivity contribution in [1.82, 2.24) is 14.5 Å². The minimum atomic E-state index is 0.528. The van der Waals surface area contributed by atoms with Gasteiger partial charge in [0.15, 0.2) is 0 Å². The van der Waals surface area contributed by atoms with E-state index in [1.807, 2.05) is 34.9 Å². The fourth-order valence-corrected chi connectivity index (χ4v) is 3.04. The van der Waals surface area contributed by atoms with E-state index in [9.17, 15) is 0 Å². The molecule has 0 spiro atoms. The van der Waals surface area contributed by atoms with Crippen LogP contribution < -0.4 is 5.43 Å².